The Kier molecular flexibility index (Phi) is 5.33. The molecule has 0 aromatic carbocycles. The molecule has 0 aliphatic carbocycles. The van der Waals surface area contributed by atoms with E-state index in [1.807, 2.05) is 18.5 Å². The zero-order valence-electron chi connectivity index (χ0n) is 10.0. The van der Waals surface area contributed by atoms with Gasteiger partial charge in [0.2, 0.25) is 0 Å². The number of nitrogens with zero attached hydrogens (tertiary/aromatic N) is 1. The average molecular weight is 206 g/mol. The molecule has 0 radical (unpaired) electrons. The van der Waals surface area contributed by atoms with Gasteiger partial charge in [-0.15, -0.1) is 0 Å². The van der Waals surface area contributed by atoms with Crippen molar-refractivity contribution < 1.29 is 0 Å². The van der Waals surface area contributed by atoms with E-state index in [1.54, 1.807) is 0 Å². The summed E-state index contributed by atoms with van der Waals surface area (Å²) in [5, 5.41) is 3.49. The molecular weight excluding hydrogens is 184 g/mol. The van der Waals surface area contributed by atoms with E-state index in [-0.39, 0.29) is 0 Å². The van der Waals surface area contributed by atoms with E-state index in [4.69, 9.17) is 0 Å². The second-order valence-electron chi connectivity index (χ2n) is 4.34. The van der Waals surface area contributed by atoms with Crippen molar-refractivity contribution >= 4 is 0 Å². The van der Waals surface area contributed by atoms with E-state index in [0.29, 0.717) is 11.8 Å². The van der Waals surface area contributed by atoms with Crippen molar-refractivity contribution in [3.05, 3.63) is 30.1 Å². The van der Waals surface area contributed by atoms with Gasteiger partial charge in [0.1, 0.15) is 0 Å². The molecular formula is C13H22N2. The minimum Gasteiger partial charge on any atom is -0.316 e. The van der Waals surface area contributed by atoms with Gasteiger partial charge in [0.05, 0.1) is 0 Å². The quantitative estimate of drug-likeness (QED) is 0.724. The Balaban J connectivity index is 2.58. The second-order valence-corrected chi connectivity index (χ2v) is 4.34. The van der Waals surface area contributed by atoms with Crippen molar-refractivity contribution in [3.63, 3.8) is 0 Å². The van der Waals surface area contributed by atoms with Crippen LogP contribution < -0.4 is 5.32 Å². The van der Waals surface area contributed by atoms with Crippen molar-refractivity contribution in [3.8, 4) is 0 Å². The van der Waals surface area contributed by atoms with Gasteiger partial charge in [0.15, 0.2) is 0 Å². The molecule has 0 saturated carbocycles. The van der Waals surface area contributed by atoms with Gasteiger partial charge in [-0.05, 0) is 30.5 Å². The maximum absolute atomic E-state index is 4.19. The van der Waals surface area contributed by atoms with Gasteiger partial charge in [-0.3, -0.25) is 4.98 Å². The van der Waals surface area contributed by atoms with Crippen LogP contribution in [0.25, 0.3) is 0 Å². The summed E-state index contributed by atoms with van der Waals surface area (Å²) in [7, 11) is 0. The first-order valence-electron chi connectivity index (χ1n) is 5.86. The van der Waals surface area contributed by atoms with Crippen LogP contribution in [0.3, 0.4) is 0 Å². The summed E-state index contributed by atoms with van der Waals surface area (Å²) < 4.78 is 0. The Hall–Kier alpha value is -0.890. The highest BCUT2D eigenvalue weighted by molar-refractivity contribution is 5.15. The lowest BCUT2D eigenvalue weighted by atomic mass is 9.89. The van der Waals surface area contributed by atoms with Gasteiger partial charge in [0, 0.05) is 24.9 Å². The zero-order valence-corrected chi connectivity index (χ0v) is 10.0. The molecule has 0 aliphatic rings. The Morgan fingerprint density at radius 1 is 1.40 bits per heavy atom. The summed E-state index contributed by atoms with van der Waals surface area (Å²) in [6.45, 7) is 8.89. The molecule has 2 heteroatoms. The maximum atomic E-state index is 4.19. The lowest BCUT2D eigenvalue weighted by Crippen LogP contribution is -2.25. The van der Waals surface area contributed by atoms with Crippen LogP contribution in [0.2, 0.25) is 0 Å². The summed E-state index contributed by atoms with van der Waals surface area (Å²) in [5.41, 5.74) is 1.34. The molecule has 1 aromatic rings. The number of pyridine rings is 1. The van der Waals surface area contributed by atoms with Crippen molar-refractivity contribution in [2.75, 3.05) is 13.1 Å². The first-order chi connectivity index (χ1) is 7.25. The molecule has 0 aliphatic heterocycles. The van der Waals surface area contributed by atoms with E-state index >= 15 is 0 Å². The molecule has 1 unspecified atom stereocenters. The predicted octanol–water partition coefficient (Wildman–Crippen LogP) is 2.82. The van der Waals surface area contributed by atoms with Crippen LogP contribution in [0.4, 0.5) is 0 Å². The Morgan fingerprint density at radius 2 is 2.20 bits per heavy atom. The van der Waals surface area contributed by atoms with Gasteiger partial charge in [0.25, 0.3) is 0 Å². The monoisotopic (exact) mass is 206 g/mol. The van der Waals surface area contributed by atoms with Crippen LogP contribution in [0, 0.1) is 5.92 Å². The third-order valence-corrected chi connectivity index (χ3v) is 2.71. The average Bonchev–Trinajstić information content (AvgIpc) is 2.25. The number of hydrogen-bond donors (Lipinski definition) is 1. The molecule has 0 amide bonds. The Labute approximate surface area is 93.1 Å². The lowest BCUT2D eigenvalue weighted by Gasteiger charge is -2.21. The summed E-state index contributed by atoms with van der Waals surface area (Å²) in [6, 6.07) is 4.19. The third-order valence-electron chi connectivity index (χ3n) is 2.71. The van der Waals surface area contributed by atoms with Crippen molar-refractivity contribution in [1.82, 2.24) is 10.3 Å². The molecule has 0 fully saturated rings. The Bertz CT molecular complexity index is 256. The molecule has 15 heavy (non-hydrogen) atoms. The van der Waals surface area contributed by atoms with Crippen molar-refractivity contribution in [1.29, 1.82) is 0 Å². The van der Waals surface area contributed by atoms with Crippen LogP contribution in [-0.2, 0) is 0 Å². The minimum absolute atomic E-state index is 0.574. The van der Waals surface area contributed by atoms with Gasteiger partial charge in [-0.1, -0.05) is 26.8 Å². The molecule has 0 bridgehead atoms. The van der Waals surface area contributed by atoms with E-state index in [0.717, 1.165) is 13.1 Å². The van der Waals surface area contributed by atoms with Crippen LogP contribution in [0.15, 0.2) is 24.5 Å². The highest BCUT2D eigenvalue weighted by Crippen LogP contribution is 2.22. The predicted molar refractivity (Wildman–Crippen MR) is 65.0 cm³/mol. The van der Waals surface area contributed by atoms with E-state index in [9.17, 15) is 0 Å². The summed E-state index contributed by atoms with van der Waals surface area (Å²) >= 11 is 0. The van der Waals surface area contributed by atoms with Crippen LogP contribution >= 0.6 is 0 Å². The molecule has 1 atom stereocenters. The summed E-state index contributed by atoms with van der Waals surface area (Å²) in [4.78, 5) is 4.19. The number of rotatable bonds is 6. The Morgan fingerprint density at radius 3 is 2.73 bits per heavy atom. The van der Waals surface area contributed by atoms with E-state index in [2.05, 4.69) is 37.1 Å². The molecule has 1 heterocycles. The largest absolute Gasteiger partial charge is 0.316 e. The fourth-order valence-electron chi connectivity index (χ4n) is 1.77. The van der Waals surface area contributed by atoms with Crippen LogP contribution in [0.5, 0.6) is 0 Å². The molecule has 2 nitrogen and oxygen atoms in total. The molecule has 1 rings (SSSR count). The topological polar surface area (TPSA) is 24.9 Å². The minimum atomic E-state index is 0.574. The first-order valence-corrected chi connectivity index (χ1v) is 5.86. The molecule has 1 N–H and O–H groups in total. The highest BCUT2D eigenvalue weighted by Gasteiger charge is 2.14. The SMILES string of the molecule is CCCNCC(c1cccnc1)C(C)C. The van der Waals surface area contributed by atoms with Crippen LogP contribution in [-0.4, -0.2) is 18.1 Å². The number of nitrogens with one attached hydrogen (secondary N) is 1. The van der Waals surface area contributed by atoms with Crippen LogP contribution in [0.1, 0.15) is 38.7 Å². The second kappa shape index (κ2) is 6.57. The molecule has 0 spiro atoms. The smallest absolute Gasteiger partial charge is 0.0303 e. The number of aromatic nitrogens is 1. The fraction of sp³-hybridized carbons (Fsp3) is 0.615. The van der Waals surface area contributed by atoms with Gasteiger partial charge < -0.3 is 5.32 Å². The van der Waals surface area contributed by atoms with E-state index < -0.39 is 0 Å². The fourth-order valence-corrected chi connectivity index (χ4v) is 1.77. The van der Waals surface area contributed by atoms with Gasteiger partial charge >= 0.3 is 0 Å². The number of hydrogen-bond acceptors (Lipinski definition) is 2. The van der Waals surface area contributed by atoms with Crippen molar-refractivity contribution in [2.24, 2.45) is 5.92 Å². The summed E-state index contributed by atoms with van der Waals surface area (Å²) in [6.07, 6.45) is 5.01. The van der Waals surface area contributed by atoms with Gasteiger partial charge in [-0.25, -0.2) is 0 Å². The standard InChI is InChI=1S/C13H22N2/c1-4-7-14-10-13(11(2)3)12-6-5-8-15-9-12/h5-6,8-9,11,13-14H,4,7,10H2,1-3H3. The third kappa shape index (κ3) is 4.00. The zero-order chi connectivity index (χ0) is 11.1. The molecule has 84 valence electrons. The van der Waals surface area contributed by atoms with Crippen molar-refractivity contribution in [2.45, 2.75) is 33.1 Å². The highest BCUT2D eigenvalue weighted by atomic mass is 14.9. The van der Waals surface area contributed by atoms with Gasteiger partial charge in [-0.2, -0.15) is 0 Å². The van der Waals surface area contributed by atoms with E-state index in [1.165, 1.54) is 12.0 Å². The molecule has 1 aromatic heterocycles. The lowest BCUT2D eigenvalue weighted by molar-refractivity contribution is 0.461. The maximum Gasteiger partial charge on any atom is 0.0303 e. The summed E-state index contributed by atoms with van der Waals surface area (Å²) in [5.74, 6) is 1.23. The first kappa shape index (κ1) is 12.2. The normalized spacial score (nSPS) is 13.1. The molecule has 0 saturated heterocycles.